The van der Waals surface area contributed by atoms with E-state index < -0.39 is 11.4 Å². The first kappa shape index (κ1) is 14.0. The molecule has 1 unspecified atom stereocenters. The Hall–Kier alpha value is -1.04. The minimum absolute atomic E-state index is 0.0667. The standard InChI is InChI=1S/C12H21NO2/c1-5-7-11(2,3)12(4,9-13)8-6-10(14)15/h5-8H2,1-4H3,(H,14,15). The maximum absolute atomic E-state index is 10.5. The maximum atomic E-state index is 10.5. The molecule has 0 spiro atoms. The predicted octanol–water partition coefficient (Wildman–Crippen LogP) is 3.21. The lowest BCUT2D eigenvalue weighted by Gasteiger charge is -2.39. The van der Waals surface area contributed by atoms with Gasteiger partial charge in [-0.25, -0.2) is 0 Å². The third-order valence-electron chi connectivity index (χ3n) is 3.45. The van der Waals surface area contributed by atoms with E-state index in [4.69, 9.17) is 5.11 Å². The van der Waals surface area contributed by atoms with Crippen LogP contribution in [0.3, 0.4) is 0 Å². The van der Waals surface area contributed by atoms with Crippen LogP contribution in [0.2, 0.25) is 0 Å². The number of nitriles is 1. The van der Waals surface area contributed by atoms with Crippen LogP contribution in [-0.2, 0) is 4.79 Å². The molecule has 0 aliphatic carbocycles. The molecular formula is C12H21NO2. The largest absolute Gasteiger partial charge is 0.481 e. The third-order valence-corrected chi connectivity index (χ3v) is 3.45. The van der Waals surface area contributed by atoms with Crippen LogP contribution >= 0.6 is 0 Å². The van der Waals surface area contributed by atoms with Crippen LogP contribution in [0.1, 0.15) is 53.4 Å². The summed E-state index contributed by atoms with van der Waals surface area (Å²) in [6.07, 6.45) is 2.44. The van der Waals surface area contributed by atoms with Gasteiger partial charge < -0.3 is 5.11 Å². The fourth-order valence-corrected chi connectivity index (χ4v) is 1.80. The summed E-state index contributed by atoms with van der Waals surface area (Å²) in [6, 6.07) is 2.30. The Morgan fingerprint density at radius 3 is 2.20 bits per heavy atom. The van der Waals surface area contributed by atoms with Crippen molar-refractivity contribution in [1.29, 1.82) is 5.26 Å². The molecule has 0 aromatic rings. The molecular weight excluding hydrogens is 190 g/mol. The van der Waals surface area contributed by atoms with Crippen molar-refractivity contribution in [1.82, 2.24) is 0 Å². The van der Waals surface area contributed by atoms with Gasteiger partial charge in [0.05, 0.1) is 11.5 Å². The van der Waals surface area contributed by atoms with Crippen molar-refractivity contribution in [3.05, 3.63) is 0 Å². The molecule has 0 aromatic carbocycles. The molecule has 86 valence electrons. The quantitative estimate of drug-likeness (QED) is 0.733. The van der Waals surface area contributed by atoms with Crippen LogP contribution < -0.4 is 0 Å². The average Bonchev–Trinajstić information content (AvgIpc) is 2.13. The van der Waals surface area contributed by atoms with E-state index >= 15 is 0 Å². The van der Waals surface area contributed by atoms with Crippen molar-refractivity contribution in [3.8, 4) is 6.07 Å². The van der Waals surface area contributed by atoms with Crippen LogP contribution in [-0.4, -0.2) is 11.1 Å². The molecule has 3 heteroatoms. The molecule has 15 heavy (non-hydrogen) atoms. The number of hydrogen-bond donors (Lipinski definition) is 1. The molecule has 0 aromatic heterocycles. The van der Waals surface area contributed by atoms with Gasteiger partial charge in [-0.3, -0.25) is 4.79 Å². The molecule has 1 N–H and O–H groups in total. The van der Waals surface area contributed by atoms with E-state index in [1.54, 1.807) is 0 Å². The predicted molar refractivity (Wildman–Crippen MR) is 59.3 cm³/mol. The second-order valence-corrected chi connectivity index (χ2v) is 4.97. The second-order valence-electron chi connectivity index (χ2n) is 4.97. The Bertz CT molecular complexity index is 265. The van der Waals surface area contributed by atoms with Crippen molar-refractivity contribution in [3.63, 3.8) is 0 Å². The Labute approximate surface area is 92.1 Å². The highest BCUT2D eigenvalue weighted by atomic mass is 16.4. The van der Waals surface area contributed by atoms with Crippen molar-refractivity contribution in [2.24, 2.45) is 10.8 Å². The lowest BCUT2D eigenvalue weighted by atomic mass is 9.63. The molecule has 0 aliphatic heterocycles. The first-order chi connectivity index (χ1) is 6.79. The molecule has 0 fully saturated rings. The Morgan fingerprint density at radius 2 is 1.87 bits per heavy atom. The van der Waals surface area contributed by atoms with Gasteiger partial charge in [-0.1, -0.05) is 27.2 Å². The molecule has 1 atom stereocenters. The van der Waals surface area contributed by atoms with Crippen molar-refractivity contribution < 1.29 is 9.90 Å². The third kappa shape index (κ3) is 3.54. The molecule has 3 nitrogen and oxygen atoms in total. The summed E-state index contributed by atoms with van der Waals surface area (Å²) in [5.41, 5.74) is -0.687. The number of nitrogens with zero attached hydrogens (tertiary/aromatic N) is 1. The van der Waals surface area contributed by atoms with E-state index in [9.17, 15) is 10.1 Å². The molecule has 0 radical (unpaired) electrons. The minimum Gasteiger partial charge on any atom is -0.481 e. The van der Waals surface area contributed by atoms with E-state index in [0.29, 0.717) is 6.42 Å². The number of rotatable bonds is 6. The summed E-state index contributed by atoms with van der Waals surface area (Å²) >= 11 is 0. The maximum Gasteiger partial charge on any atom is 0.303 e. The van der Waals surface area contributed by atoms with Gasteiger partial charge in [0.1, 0.15) is 0 Å². The fraction of sp³-hybridized carbons (Fsp3) is 0.833. The Kier molecular flexibility index (Phi) is 4.80. The van der Waals surface area contributed by atoms with Crippen LogP contribution in [0.4, 0.5) is 0 Å². The van der Waals surface area contributed by atoms with E-state index in [2.05, 4.69) is 13.0 Å². The summed E-state index contributed by atoms with van der Waals surface area (Å²) < 4.78 is 0. The van der Waals surface area contributed by atoms with Gasteiger partial charge in [-0.2, -0.15) is 5.26 Å². The zero-order valence-electron chi connectivity index (χ0n) is 10.1. The average molecular weight is 211 g/mol. The topological polar surface area (TPSA) is 61.1 Å². The normalized spacial score (nSPS) is 15.4. The smallest absolute Gasteiger partial charge is 0.303 e. The van der Waals surface area contributed by atoms with Gasteiger partial charge in [-0.15, -0.1) is 0 Å². The van der Waals surface area contributed by atoms with E-state index in [1.807, 2.05) is 20.8 Å². The number of carbonyl (C=O) groups is 1. The zero-order valence-corrected chi connectivity index (χ0v) is 10.1. The van der Waals surface area contributed by atoms with Crippen LogP contribution in [0.15, 0.2) is 0 Å². The second kappa shape index (κ2) is 5.16. The Morgan fingerprint density at radius 1 is 1.33 bits per heavy atom. The number of carboxylic acids is 1. The van der Waals surface area contributed by atoms with Gasteiger partial charge >= 0.3 is 5.97 Å². The summed E-state index contributed by atoms with van der Waals surface area (Å²) in [4.78, 5) is 10.5. The van der Waals surface area contributed by atoms with Gasteiger partial charge in [-0.05, 0) is 25.2 Å². The molecule has 0 aliphatic rings. The molecule has 0 amide bonds. The Balaban J connectivity index is 4.69. The highest BCUT2D eigenvalue weighted by Crippen LogP contribution is 2.45. The van der Waals surface area contributed by atoms with Gasteiger partial charge in [0.2, 0.25) is 0 Å². The van der Waals surface area contributed by atoms with E-state index in [1.165, 1.54) is 0 Å². The van der Waals surface area contributed by atoms with Crippen LogP contribution in [0, 0.1) is 22.2 Å². The lowest BCUT2D eigenvalue weighted by molar-refractivity contribution is -0.137. The van der Waals surface area contributed by atoms with Crippen molar-refractivity contribution in [2.45, 2.75) is 53.4 Å². The minimum atomic E-state index is -0.830. The summed E-state index contributed by atoms with van der Waals surface area (Å²) in [5, 5.41) is 17.9. The first-order valence-corrected chi connectivity index (χ1v) is 5.42. The van der Waals surface area contributed by atoms with E-state index in [-0.39, 0.29) is 11.8 Å². The van der Waals surface area contributed by atoms with Gasteiger partial charge in [0, 0.05) is 6.42 Å². The molecule has 0 saturated carbocycles. The van der Waals surface area contributed by atoms with Crippen LogP contribution in [0.5, 0.6) is 0 Å². The number of aliphatic carboxylic acids is 1. The molecule has 0 rings (SSSR count). The van der Waals surface area contributed by atoms with E-state index in [0.717, 1.165) is 12.8 Å². The zero-order chi connectivity index (χ0) is 12.1. The van der Waals surface area contributed by atoms with Crippen molar-refractivity contribution in [2.75, 3.05) is 0 Å². The highest BCUT2D eigenvalue weighted by Gasteiger charge is 2.40. The molecule has 0 bridgehead atoms. The first-order valence-electron chi connectivity index (χ1n) is 5.42. The number of hydrogen-bond acceptors (Lipinski definition) is 2. The SMILES string of the molecule is CCCC(C)(C)C(C)(C#N)CCC(=O)O. The summed E-state index contributed by atoms with van der Waals surface area (Å²) in [5.74, 6) is -0.830. The van der Waals surface area contributed by atoms with Crippen molar-refractivity contribution >= 4 is 5.97 Å². The molecule has 0 heterocycles. The lowest BCUT2D eigenvalue weighted by Crippen LogP contribution is -2.34. The van der Waals surface area contributed by atoms with Gasteiger partial charge in [0.15, 0.2) is 0 Å². The van der Waals surface area contributed by atoms with Gasteiger partial charge in [0.25, 0.3) is 0 Å². The monoisotopic (exact) mass is 211 g/mol. The highest BCUT2D eigenvalue weighted by molar-refractivity contribution is 5.66. The number of carboxylic acid groups (broad SMARTS) is 1. The van der Waals surface area contributed by atoms with Crippen LogP contribution in [0.25, 0.3) is 0 Å². The summed E-state index contributed by atoms with van der Waals surface area (Å²) in [6.45, 7) is 8.03. The fourth-order valence-electron chi connectivity index (χ4n) is 1.80. The summed E-state index contributed by atoms with van der Waals surface area (Å²) in [7, 11) is 0. The molecule has 0 saturated heterocycles.